The van der Waals surface area contributed by atoms with Gasteiger partial charge in [-0.1, -0.05) is 12.1 Å². The lowest BCUT2D eigenvalue weighted by atomic mass is 10.0. The van der Waals surface area contributed by atoms with Gasteiger partial charge in [-0.05, 0) is 17.7 Å². The molecular weight excluding hydrogens is 354 g/mol. The molecule has 2 atom stereocenters. The molecule has 2 aliphatic heterocycles. The number of hydrogen-bond acceptors (Lipinski definition) is 5. The van der Waals surface area contributed by atoms with Crippen LogP contribution in [0.25, 0.3) is 0 Å². The van der Waals surface area contributed by atoms with Crippen LogP contribution in [0.5, 0.6) is 11.5 Å². The van der Waals surface area contributed by atoms with Gasteiger partial charge in [-0.3, -0.25) is 9.59 Å². The molecule has 2 amide bonds. The summed E-state index contributed by atoms with van der Waals surface area (Å²) in [5.41, 5.74) is 6.99. The van der Waals surface area contributed by atoms with Crippen LogP contribution in [0.15, 0.2) is 24.3 Å². The molecule has 4 N–H and O–H groups in total. The van der Waals surface area contributed by atoms with Crippen LogP contribution in [0.1, 0.15) is 20.8 Å². The lowest BCUT2D eigenvalue weighted by molar-refractivity contribution is -0.895. The molecule has 0 spiro atoms. The number of anilines is 1. The fourth-order valence-corrected chi connectivity index (χ4v) is 4.68. The molecule has 0 saturated heterocycles. The summed E-state index contributed by atoms with van der Waals surface area (Å²) >= 11 is 1.42. The summed E-state index contributed by atoms with van der Waals surface area (Å²) in [7, 11) is 2.11. The summed E-state index contributed by atoms with van der Waals surface area (Å²) in [5, 5.41) is 3.33. The summed E-state index contributed by atoms with van der Waals surface area (Å²) < 4.78 is 11.3. The van der Waals surface area contributed by atoms with Gasteiger partial charge in [0.25, 0.3) is 11.8 Å². The molecule has 1 unspecified atom stereocenters. The van der Waals surface area contributed by atoms with Crippen molar-refractivity contribution in [1.29, 1.82) is 0 Å². The highest BCUT2D eigenvalue weighted by Gasteiger charge is 2.32. The van der Waals surface area contributed by atoms with E-state index in [9.17, 15) is 9.59 Å². The maximum Gasteiger partial charge on any atom is 0.269 e. The number of thiophene rings is 1. The zero-order chi connectivity index (χ0) is 18.3. The van der Waals surface area contributed by atoms with Gasteiger partial charge in [-0.2, -0.15) is 0 Å². The van der Waals surface area contributed by atoms with Crippen molar-refractivity contribution >= 4 is 28.2 Å². The SMILES string of the molecule is C[NH+]1CCc2c(sc(NC(=O)[C@@H]3COc4ccccc4O3)c2C(N)=O)C1. The normalized spacial score (nSPS) is 21.0. The van der Waals surface area contributed by atoms with Crippen molar-refractivity contribution in [2.24, 2.45) is 5.73 Å². The summed E-state index contributed by atoms with van der Waals surface area (Å²) in [6, 6.07) is 7.21. The summed E-state index contributed by atoms with van der Waals surface area (Å²) in [4.78, 5) is 27.1. The van der Waals surface area contributed by atoms with Gasteiger partial charge in [0.05, 0.1) is 24.0 Å². The summed E-state index contributed by atoms with van der Waals surface area (Å²) in [5.74, 6) is 0.293. The molecule has 0 radical (unpaired) electrons. The number of fused-ring (bicyclic) bond motifs is 2. The van der Waals surface area contributed by atoms with E-state index >= 15 is 0 Å². The highest BCUT2D eigenvalue weighted by molar-refractivity contribution is 7.17. The smallest absolute Gasteiger partial charge is 0.269 e. The second-order valence-electron chi connectivity index (χ2n) is 6.56. The van der Waals surface area contributed by atoms with Gasteiger partial charge in [0.1, 0.15) is 18.2 Å². The Kier molecular flexibility index (Phi) is 4.29. The number of carbonyl (C=O) groups is 2. The molecule has 136 valence electrons. The second-order valence-corrected chi connectivity index (χ2v) is 7.66. The molecule has 0 aliphatic carbocycles. The first-order valence-electron chi connectivity index (χ1n) is 8.48. The van der Waals surface area contributed by atoms with Crippen LogP contribution in [0.4, 0.5) is 5.00 Å². The van der Waals surface area contributed by atoms with Gasteiger partial charge in [-0.25, -0.2) is 0 Å². The number of carbonyl (C=O) groups excluding carboxylic acids is 2. The zero-order valence-corrected chi connectivity index (χ0v) is 15.2. The number of ether oxygens (including phenoxy) is 2. The Morgan fingerprint density at radius 3 is 2.85 bits per heavy atom. The van der Waals surface area contributed by atoms with E-state index in [1.54, 1.807) is 12.1 Å². The Balaban J connectivity index is 1.56. The minimum atomic E-state index is -0.780. The van der Waals surface area contributed by atoms with Crippen molar-refractivity contribution in [1.82, 2.24) is 0 Å². The molecule has 4 rings (SSSR count). The Morgan fingerprint density at radius 1 is 1.31 bits per heavy atom. The van der Waals surface area contributed by atoms with Crippen molar-refractivity contribution in [2.45, 2.75) is 19.1 Å². The first-order chi connectivity index (χ1) is 12.5. The molecule has 1 aromatic heterocycles. The number of quaternary nitrogens is 1. The zero-order valence-electron chi connectivity index (χ0n) is 14.3. The monoisotopic (exact) mass is 374 g/mol. The van der Waals surface area contributed by atoms with E-state index in [-0.39, 0.29) is 12.5 Å². The van der Waals surface area contributed by atoms with Gasteiger partial charge >= 0.3 is 0 Å². The molecule has 0 fully saturated rings. The Morgan fingerprint density at radius 2 is 2.08 bits per heavy atom. The van der Waals surface area contributed by atoms with Gasteiger partial charge in [-0.15, -0.1) is 11.3 Å². The summed E-state index contributed by atoms with van der Waals surface area (Å²) in [6.07, 6.45) is 0.000405. The molecule has 2 aliphatic rings. The summed E-state index contributed by atoms with van der Waals surface area (Å²) in [6.45, 7) is 1.88. The molecule has 1 aromatic carbocycles. The number of primary amides is 1. The Labute approximate surface area is 154 Å². The predicted molar refractivity (Wildman–Crippen MR) is 97.0 cm³/mol. The fourth-order valence-electron chi connectivity index (χ4n) is 3.31. The number of nitrogens with one attached hydrogen (secondary N) is 2. The van der Waals surface area contributed by atoms with E-state index in [1.807, 2.05) is 12.1 Å². The average Bonchev–Trinajstić information content (AvgIpc) is 2.98. The quantitative estimate of drug-likeness (QED) is 0.715. The van der Waals surface area contributed by atoms with E-state index in [0.717, 1.165) is 30.0 Å². The molecular formula is C18H20N3O4S+. The molecule has 0 bridgehead atoms. The standard InChI is InChI=1S/C18H19N3O4S/c1-21-7-6-10-14(8-21)26-18(15(10)16(19)22)20-17(23)13-9-24-11-4-2-3-5-12(11)25-13/h2-5,13H,6-9H2,1H3,(H2,19,22)(H,20,23)/p+1/t13-/m0/s1. The molecule has 7 nitrogen and oxygen atoms in total. The molecule has 2 aromatic rings. The van der Waals surface area contributed by atoms with E-state index in [0.29, 0.717) is 22.1 Å². The second kappa shape index (κ2) is 6.62. The minimum absolute atomic E-state index is 0.118. The minimum Gasteiger partial charge on any atom is -0.485 e. The van der Waals surface area contributed by atoms with Gasteiger partial charge < -0.3 is 25.4 Å². The first kappa shape index (κ1) is 16.9. The van der Waals surface area contributed by atoms with Crippen molar-refractivity contribution in [3.63, 3.8) is 0 Å². The van der Waals surface area contributed by atoms with Crippen molar-refractivity contribution < 1.29 is 24.0 Å². The molecule has 3 heterocycles. The third-order valence-electron chi connectivity index (χ3n) is 4.64. The number of para-hydroxylation sites is 2. The molecule has 8 heteroatoms. The third kappa shape index (κ3) is 3.02. The number of amides is 2. The molecule has 26 heavy (non-hydrogen) atoms. The largest absolute Gasteiger partial charge is 0.485 e. The van der Waals surface area contributed by atoms with E-state index in [2.05, 4.69) is 12.4 Å². The van der Waals surface area contributed by atoms with Crippen LogP contribution in [0, 0.1) is 0 Å². The maximum absolute atomic E-state index is 12.7. The third-order valence-corrected chi connectivity index (χ3v) is 5.79. The number of hydrogen-bond donors (Lipinski definition) is 3. The number of rotatable bonds is 3. The van der Waals surface area contributed by atoms with E-state index < -0.39 is 12.0 Å². The average molecular weight is 374 g/mol. The Bertz CT molecular complexity index is 879. The van der Waals surface area contributed by atoms with Gasteiger partial charge in [0, 0.05) is 6.42 Å². The first-order valence-corrected chi connectivity index (χ1v) is 9.29. The fraction of sp³-hybridized carbons (Fsp3) is 0.333. The van der Waals surface area contributed by atoms with Crippen LogP contribution in [-0.2, 0) is 17.8 Å². The van der Waals surface area contributed by atoms with Gasteiger partial charge in [0.2, 0.25) is 6.10 Å². The number of likely N-dealkylation sites (N-methyl/N-ethyl adjacent to an activating group) is 1. The highest BCUT2D eigenvalue weighted by atomic mass is 32.1. The van der Waals surface area contributed by atoms with E-state index in [1.165, 1.54) is 16.2 Å². The Hall–Kier alpha value is -2.58. The van der Waals surface area contributed by atoms with Crippen molar-refractivity contribution in [2.75, 3.05) is 25.5 Å². The highest BCUT2D eigenvalue weighted by Crippen LogP contribution is 2.35. The molecule has 0 saturated carbocycles. The van der Waals surface area contributed by atoms with Crippen molar-refractivity contribution in [3.05, 3.63) is 40.3 Å². The van der Waals surface area contributed by atoms with Crippen LogP contribution in [0.3, 0.4) is 0 Å². The van der Waals surface area contributed by atoms with E-state index in [4.69, 9.17) is 15.2 Å². The van der Waals surface area contributed by atoms with Crippen molar-refractivity contribution in [3.8, 4) is 11.5 Å². The van der Waals surface area contributed by atoms with Crippen LogP contribution in [-0.4, -0.2) is 38.1 Å². The van der Waals surface area contributed by atoms with Crippen LogP contribution < -0.4 is 25.4 Å². The van der Waals surface area contributed by atoms with Crippen LogP contribution >= 0.6 is 11.3 Å². The maximum atomic E-state index is 12.7. The number of benzene rings is 1. The topological polar surface area (TPSA) is 95.1 Å². The lowest BCUT2D eigenvalue weighted by Gasteiger charge is -2.25. The van der Waals surface area contributed by atoms with Crippen LogP contribution in [0.2, 0.25) is 0 Å². The predicted octanol–water partition coefficient (Wildman–Crippen LogP) is 0.196. The number of nitrogens with two attached hydrogens (primary N) is 1. The lowest BCUT2D eigenvalue weighted by Crippen LogP contribution is -3.08. The van der Waals surface area contributed by atoms with Gasteiger partial charge in [0.15, 0.2) is 11.5 Å².